The van der Waals surface area contributed by atoms with E-state index in [2.05, 4.69) is 5.32 Å². The number of ether oxygens (including phenoxy) is 1. The molecule has 1 aromatic carbocycles. The van der Waals surface area contributed by atoms with Crippen molar-refractivity contribution in [1.29, 1.82) is 5.26 Å². The fourth-order valence-electron chi connectivity index (χ4n) is 2.87. The van der Waals surface area contributed by atoms with Crippen molar-refractivity contribution in [2.24, 2.45) is 5.92 Å². The second-order valence-corrected chi connectivity index (χ2v) is 6.39. The number of carbonyl (C=O) groups is 1. The number of benzene rings is 1. The molecule has 0 aromatic heterocycles. The lowest BCUT2D eigenvalue weighted by Crippen LogP contribution is -2.86. The molecule has 5 heteroatoms. The van der Waals surface area contributed by atoms with E-state index in [9.17, 15) is 15.2 Å². The Morgan fingerprint density at radius 1 is 1.35 bits per heavy atom. The van der Waals surface area contributed by atoms with Crippen LogP contribution in [0.4, 0.5) is 0 Å². The van der Waals surface area contributed by atoms with Crippen LogP contribution < -0.4 is 5.32 Å². The molecular formula is C18H23N2O3+. The monoisotopic (exact) mass is 315 g/mol. The van der Waals surface area contributed by atoms with Gasteiger partial charge in [0.05, 0.1) is 13.1 Å². The number of piperidine rings is 1. The van der Waals surface area contributed by atoms with Crippen molar-refractivity contribution in [3.05, 3.63) is 35.4 Å². The normalized spacial score (nSPS) is 16.7. The van der Waals surface area contributed by atoms with Crippen molar-refractivity contribution >= 4 is 12.0 Å². The van der Waals surface area contributed by atoms with Gasteiger partial charge in [0, 0.05) is 18.8 Å². The molecular weight excluding hydrogens is 292 g/mol. The Morgan fingerprint density at radius 3 is 2.52 bits per heavy atom. The Hall–Kier alpha value is -2.32. The van der Waals surface area contributed by atoms with Crippen molar-refractivity contribution in [2.75, 3.05) is 13.1 Å². The van der Waals surface area contributed by atoms with Crippen LogP contribution in [0.25, 0.3) is 6.08 Å². The van der Waals surface area contributed by atoms with Crippen LogP contribution in [0.15, 0.2) is 29.8 Å². The summed E-state index contributed by atoms with van der Waals surface area (Å²) in [4.78, 5) is 12.3. The molecule has 0 amide bonds. The SMILES string of the molecule is CC(C)(OC(=O)/C(C#N)=C/c1ccc(O)cc1)C1CC[NH2+]CC1. The molecule has 1 aliphatic heterocycles. The highest BCUT2D eigenvalue weighted by Gasteiger charge is 2.36. The van der Waals surface area contributed by atoms with Crippen LogP contribution in [-0.2, 0) is 9.53 Å². The molecule has 1 heterocycles. The number of hydrogen-bond donors (Lipinski definition) is 2. The van der Waals surface area contributed by atoms with Crippen molar-refractivity contribution in [1.82, 2.24) is 0 Å². The second kappa shape index (κ2) is 7.30. The smallest absolute Gasteiger partial charge is 0.349 e. The Kier molecular flexibility index (Phi) is 5.41. The maximum Gasteiger partial charge on any atom is 0.349 e. The second-order valence-electron chi connectivity index (χ2n) is 6.39. The summed E-state index contributed by atoms with van der Waals surface area (Å²) in [5.41, 5.74) is 0.0449. The quantitative estimate of drug-likeness (QED) is 0.502. The molecule has 2 rings (SSSR count). The van der Waals surface area contributed by atoms with Gasteiger partial charge >= 0.3 is 5.97 Å². The van der Waals surface area contributed by atoms with Gasteiger partial charge in [-0.3, -0.25) is 0 Å². The number of phenolic OH excluding ortho intramolecular Hbond substituents is 1. The number of nitriles is 1. The van der Waals surface area contributed by atoms with Gasteiger partial charge < -0.3 is 15.2 Å². The number of quaternary nitrogens is 1. The van der Waals surface area contributed by atoms with Crippen molar-refractivity contribution < 1.29 is 20.0 Å². The first-order chi connectivity index (χ1) is 10.9. The third kappa shape index (κ3) is 4.57. The summed E-state index contributed by atoms with van der Waals surface area (Å²) < 4.78 is 5.63. The Balaban J connectivity index is 2.10. The zero-order valence-electron chi connectivity index (χ0n) is 13.6. The average molecular weight is 315 g/mol. The number of phenols is 1. The minimum atomic E-state index is -0.597. The highest BCUT2D eigenvalue weighted by molar-refractivity contribution is 5.98. The largest absolute Gasteiger partial charge is 0.508 e. The first kappa shape index (κ1) is 17.0. The highest BCUT2D eigenvalue weighted by atomic mass is 16.6. The number of hydrogen-bond acceptors (Lipinski definition) is 4. The maximum absolute atomic E-state index is 12.3. The molecule has 0 spiro atoms. The van der Waals surface area contributed by atoms with Gasteiger partial charge in [-0.2, -0.15) is 5.26 Å². The summed E-state index contributed by atoms with van der Waals surface area (Å²) in [6.45, 7) is 5.91. The van der Waals surface area contributed by atoms with E-state index in [-0.39, 0.29) is 11.3 Å². The molecule has 1 aromatic rings. The maximum atomic E-state index is 12.3. The van der Waals surface area contributed by atoms with Crippen LogP contribution in [-0.4, -0.2) is 29.8 Å². The lowest BCUT2D eigenvalue weighted by Gasteiger charge is -2.35. The molecule has 0 unspecified atom stereocenters. The van der Waals surface area contributed by atoms with Crippen molar-refractivity contribution in [2.45, 2.75) is 32.3 Å². The number of nitrogens with zero attached hydrogens (tertiary/aromatic N) is 1. The first-order valence-electron chi connectivity index (χ1n) is 7.88. The lowest BCUT2D eigenvalue weighted by atomic mass is 9.83. The van der Waals surface area contributed by atoms with Gasteiger partial charge in [0.2, 0.25) is 0 Å². The number of rotatable bonds is 4. The van der Waals surface area contributed by atoms with E-state index in [0.29, 0.717) is 11.5 Å². The van der Waals surface area contributed by atoms with Crippen LogP contribution in [0.1, 0.15) is 32.3 Å². The zero-order valence-corrected chi connectivity index (χ0v) is 13.6. The molecule has 1 fully saturated rings. The van der Waals surface area contributed by atoms with Gasteiger partial charge in [0.25, 0.3) is 0 Å². The molecule has 0 saturated carbocycles. The summed E-state index contributed by atoms with van der Waals surface area (Å²) >= 11 is 0. The van der Waals surface area contributed by atoms with Crippen LogP contribution >= 0.6 is 0 Å². The summed E-state index contributed by atoms with van der Waals surface area (Å²) in [5, 5.41) is 20.8. The van der Waals surface area contributed by atoms with Crippen LogP contribution in [0, 0.1) is 17.2 Å². The molecule has 122 valence electrons. The zero-order chi connectivity index (χ0) is 16.9. The predicted molar refractivity (Wildman–Crippen MR) is 86.3 cm³/mol. The van der Waals surface area contributed by atoms with E-state index in [1.807, 2.05) is 19.9 Å². The third-order valence-corrected chi connectivity index (χ3v) is 4.32. The summed E-state index contributed by atoms with van der Waals surface area (Å²) in [6, 6.07) is 8.21. The third-order valence-electron chi connectivity index (χ3n) is 4.32. The molecule has 23 heavy (non-hydrogen) atoms. The molecule has 0 bridgehead atoms. The topological polar surface area (TPSA) is 86.9 Å². The molecule has 5 nitrogen and oxygen atoms in total. The number of nitrogens with two attached hydrogens (primary N) is 1. The molecule has 1 aliphatic rings. The van der Waals surface area contributed by atoms with Gasteiger partial charge in [-0.05, 0) is 37.6 Å². The molecule has 0 radical (unpaired) electrons. The predicted octanol–water partition coefficient (Wildman–Crippen LogP) is 1.59. The van der Waals surface area contributed by atoms with E-state index >= 15 is 0 Å². The molecule has 0 atom stereocenters. The van der Waals surface area contributed by atoms with E-state index in [1.165, 1.54) is 18.2 Å². The molecule has 1 saturated heterocycles. The standard InChI is InChI=1S/C18H22N2O3/c1-18(2,15-7-9-20-10-8-15)23-17(22)14(12-19)11-13-3-5-16(21)6-4-13/h3-6,11,15,20-21H,7-10H2,1-2H3/p+1/b14-11+. The Labute approximate surface area is 136 Å². The van der Waals surface area contributed by atoms with Gasteiger partial charge in [-0.1, -0.05) is 12.1 Å². The van der Waals surface area contributed by atoms with E-state index < -0.39 is 11.6 Å². The van der Waals surface area contributed by atoms with Crippen molar-refractivity contribution in [3.63, 3.8) is 0 Å². The lowest BCUT2D eigenvalue weighted by molar-refractivity contribution is -0.665. The Morgan fingerprint density at radius 2 is 1.96 bits per heavy atom. The van der Waals surface area contributed by atoms with Gasteiger partial charge in [0.15, 0.2) is 0 Å². The fourth-order valence-corrected chi connectivity index (χ4v) is 2.87. The molecule has 0 aliphatic carbocycles. The van der Waals surface area contributed by atoms with E-state index in [4.69, 9.17) is 4.74 Å². The number of aromatic hydroxyl groups is 1. The minimum absolute atomic E-state index is 0.0360. The van der Waals surface area contributed by atoms with E-state index in [0.717, 1.165) is 25.9 Å². The average Bonchev–Trinajstić information content (AvgIpc) is 2.54. The summed E-state index contributed by atoms with van der Waals surface area (Å²) in [5.74, 6) is -0.149. The minimum Gasteiger partial charge on any atom is -0.508 e. The molecule has 3 N–H and O–H groups in total. The van der Waals surface area contributed by atoms with Gasteiger partial charge in [0.1, 0.15) is 23.0 Å². The first-order valence-corrected chi connectivity index (χ1v) is 7.88. The van der Waals surface area contributed by atoms with E-state index in [1.54, 1.807) is 12.1 Å². The van der Waals surface area contributed by atoms with Gasteiger partial charge in [-0.15, -0.1) is 0 Å². The Bertz CT molecular complexity index is 621. The van der Waals surface area contributed by atoms with Gasteiger partial charge in [-0.25, -0.2) is 4.79 Å². The summed E-state index contributed by atoms with van der Waals surface area (Å²) in [6.07, 6.45) is 3.49. The number of carbonyl (C=O) groups excluding carboxylic acids is 1. The van der Waals surface area contributed by atoms with Crippen LogP contribution in [0.5, 0.6) is 5.75 Å². The highest BCUT2D eigenvalue weighted by Crippen LogP contribution is 2.29. The van der Waals surface area contributed by atoms with Crippen LogP contribution in [0.3, 0.4) is 0 Å². The summed E-state index contributed by atoms with van der Waals surface area (Å²) in [7, 11) is 0. The van der Waals surface area contributed by atoms with Crippen LogP contribution in [0.2, 0.25) is 0 Å². The fraction of sp³-hybridized carbons (Fsp3) is 0.444. The van der Waals surface area contributed by atoms with Crippen molar-refractivity contribution in [3.8, 4) is 11.8 Å². The number of esters is 1.